The number of fused-ring (bicyclic) bond motifs is 1. The minimum absolute atomic E-state index is 0.193. The summed E-state index contributed by atoms with van der Waals surface area (Å²) >= 11 is 0. The molecular weight excluding hydrogens is 364 g/mol. The topological polar surface area (TPSA) is 80.7 Å². The van der Waals surface area contributed by atoms with Crippen LogP contribution >= 0.6 is 0 Å². The Morgan fingerprint density at radius 1 is 1.07 bits per heavy atom. The van der Waals surface area contributed by atoms with Gasteiger partial charge in [0, 0.05) is 11.8 Å². The molecule has 0 saturated carbocycles. The van der Waals surface area contributed by atoms with Crippen LogP contribution in [0.4, 0.5) is 0 Å². The molecule has 0 aromatic heterocycles. The summed E-state index contributed by atoms with van der Waals surface area (Å²) in [6.07, 6.45) is 0.981. The third-order valence-corrected chi connectivity index (χ3v) is 5.79. The average Bonchev–Trinajstić information content (AvgIpc) is 2.86. The molecular formula is C21H20O5S. The van der Waals surface area contributed by atoms with Crippen LogP contribution in [0.1, 0.15) is 30.0 Å². The number of rotatable bonds is 5. The van der Waals surface area contributed by atoms with Gasteiger partial charge in [-0.15, -0.1) is 0 Å². The number of carboxylic acids is 1. The van der Waals surface area contributed by atoms with Crippen LogP contribution in [0.5, 0.6) is 5.75 Å². The van der Waals surface area contributed by atoms with Gasteiger partial charge in [0.1, 0.15) is 5.75 Å². The molecule has 1 aliphatic carbocycles. The first kappa shape index (κ1) is 18.9. The monoisotopic (exact) mass is 384 g/mol. The van der Waals surface area contributed by atoms with Crippen molar-refractivity contribution in [2.75, 3.05) is 13.4 Å². The molecule has 140 valence electrons. The van der Waals surface area contributed by atoms with Crippen LogP contribution in [0.2, 0.25) is 0 Å². The summed E-state index contributed by atoms with van der Waals surface area (Å²) in [5.74, 6) is -0.383. The zero-order valence-corrected chi connectivity index (χ0v) is 16.1. The number of carboxylic acid groups (broad SMARTS) is 1. The lowest BCUT2D eigenvalue weighted by Gasteiger charge is -2.13. The second-order valence-corrected chi connectivity index (χ2v) is 8.38. The van der Waals surface area contributed by atoms with E-state index in [1.165, 1.54) is 13.4 Å². The molecule has 2 aromatic rings. The molecule has 3 rings (SSSR count). The van der Waals surface area contributed by atoms with Gasteiger partial charge in [0.2, 0.25) is 0 Å². The fourth-order valence-electron chi connectivity index (χ4n) is 3.48. The quantitative estimate of drug-likeness (QED) is 0.846. The predicted octanol–water partition coefficient (Wildman–Crippen LogP) is 3.87. The number of carbonyl (C=O) groups is 1. The van der Waals surface area contributed by atoms with E-state index < -0.39 is 15.8 Å². The van der Waals surface area contributed by atoms with E-state index in [4.69, 9.17) is 4.74 Å². The van der Waals surface area contributed by atoms with E-state index in [0.29, 0.717) is 39.2 Å². The third kappa shape index (κ3) is 3.53. The van der Waals surface area contributed by atoms with Crippen molar-refractivity contribution in [1.82, 2.24) is 0 Å². The highest BCUT2D eigenvalue weighted by atomic mass is 32.2. The van der Waals surface area contributed by atoms with Gasteiger partial charge in [0.15, 0.2) is 9.84 Å². The van der Waals surface area contributed by atoms with Crippen LogP contribution in [0.25, 0.3) is 16.1 Å². The van der Waals surface area contributed by atoms with Crippen LogP contribution in [-0.2, 0) is 14.6 Å². The molecule has 0 saturated heterocycles. The lowest BCUT2D eigenvalue weighted by atomic mass is 10.00. The lowest BCUT2D eigenvalue weighted by Crippen LogP contribution is -2.04. The predicted molar refractivity (Wildman–Crippen MR) is 106 cm³/mol. The first-order valence-electron chi connectivity index (χ1n) is 8.34. The highest BCUT2D eigenvalue weighted by Crippen LogP contribution is 2.48. The van der Waals surface area contributed by atoms with Gasteiger partial charge in [-0.2, -0.15) is 0 Å². The molecule has 1 N–H and O–H groups in total. The smallest absolute Gasteiger partial charge is 0.307 e. The van der Waals surface area contributed by atoms with E-state index in [2.05, 4.69) is 0 Å². The molecule has 0 fully saturated rings. The fraction of sp³-hybridized carbons (Fsp3) is 0.190. The van der Waals surface area contributed by atoms with Gasteiger partial charge in [-0.1, -0.05) is 36.4 Å². The molecule has 27 heavy (non-hydrogen) atoms. The van der Waals surface area contributed by atoms with Crippen molar-refractivity contribution in [3.05, 3.63) is 70.8 Å². The fourth-order valence-corrected chi connectivity index (χ4v) is 4.68. The normalized spacial score (nSPS) is 15.5. The molecule has 0 bridgehead atoms. The van der Waals surface area contributed by atoms with Crippen LogP contribution in [-0.4, -0.2) is 32.9 Å². The summed E-state index contributed by atoms with van der Waals surface area (Å²) in [7, 11) is -2.04. The van der Waals surface area contributed by atoms with Crippen molar-refractivity contribution in [2.45, 2.75) is 13.3 Å². The van der Waals surface area contributed by atoms with E-state index in [0.717, 1.165) is 0 Å². The molecule has 0 heterocycles. The number of allylic oxidation sites excluding steroid dienone is 2. The highest BCUT2D eigenvalue weighted by Gasteiger charge is 2.31. The molecule has 0 unspecified atom stereocenters. The Morgan fingerprint density at radius 2 is 1.74 bits per heavy atom. The molecule has 0 radical (unpaired) electrons. The zero-order valence-electron chi connectivity index (χ0n) is 15.3. The van der Waals surface area contributed by atoms with Crippen molar-refractivity contribution in [3.63, 3.8) is 0 Å². The Labute approximate surface area is 158 Å². The maximum atomic E-state index is 12.7. The van der Waals surface area contributed by atoms with Gasteiger partial charge in [0.05, 0.1) is 18.4 Å². The van der Waals surface area contributed by atoms with Gasteiger partial charge in [0.25, 0.3) is 0 Å². The van der Waals surface area contributed by atoms with E-state index in [9.17, 15) is 18.3 Å². The number of methoxy groups -OCH3 is 1. The summed E-state index contributed by atoms with van der Waals surface area (Å²) in [5.41, 5.74) is 3.79. The maximum Gasteiger partial charge on any atom is 0.307 e. The summed E-state index contributed by atoms with van der Waals surface area (Å²) in [4.78, 5) is 11.6. The van der Waals surface area contributed by atoms with E-state index >= 15 is 0 Å². The Bertz CT molecular complexity index is 1080. The Kier molecular flexibility index (Phi) is 4.93. The molecule has 0 aliphatic heterocycles. The lowest BCUT2D eigenvalue weighted by molar-refractivity contribution is -0.135. The zero-order chi connectivity index (χ0) is 19.8. The van der Waals surface area contributed by atoms with Gasteiger partial charge in [-0.3, -0.25) is 4.79 Å². The van der Waals surface area contributed by atoms with Crippen molar-refractivity contribution >= 4 is 31.9 Å². The van der Waals surface area contributed by atoms with Crippen molar-refractivity contribution < 1.29 is 23.1 Å². The largest absolute Gasteiger partial charge is 0.497 e. The van der Waals surface area contributed by atoms with Crippen LogP contribution < -0.4 is 4.74 Å². The van der Waals surface area contributed by atoms with E-state index in [1.54, 1.807) is 49.4 Å². The first-order chi connectivity index (χ1) is 12.7. The Balaban J connectivity index is 2.42. The molecule has 5 nitrogen and oxygen atoms in total. The second kappa shape index (κ2) is 7.04. The Morgan fingerprint density at radius 3 is 2.30 bits per heavy atom. The van der Waals surface area contributed by atoms with Crippen molar-refractivity contribution in [2.24, 2.45) is 0 Å². The van der Waals surface area contributed by atoms with E-state index in [1.807, 2.05) is 6.07 Å². The molecule has 0 atom stereocenters. The summed E-state index contributed by atoms with van der Waals surface area (Å²) < 4.78 is 30.7. The maximum absolute atomic E-state index is 12.7. The van der Waals surface area contributed by atoms with Crippen LogP contribution in [0.15, 0.2) is 54.1 Å². The van der Waals surface area contributed by atoms with Crippen molar-refractivity contribution in [3.8, 4) is 5.75 Å². The number of benzene rings is 2. The minimum atomic E-state index is -3.58. The van der Waals surface area contributed by atoms with Gasteiger partial charge < -0.3 is 9.84 Å². The SMILES string of the molecule is COc1ccc2c(c1)C(CC(=O)O)=C(C)C2=C(c1ccccc1)S(C)(=O)=O. The summed E-state index contributed by atoms with van der Waals surface area (Å²) in [6, 6.07) is 14.2. The number of aliphatic carboxylic acids is 1. The summed E-state index contributed by atoms with van der Waals surface area (Å²) in [5, 5.41) is 9.35. The number of hydrogen-bond donors (Lipinski definition) is 1. The molecule has 0 amide bonds. The minimum Gasteiger partial charge on any atom is -0.497 e. The van der Waals surface area contributed by atoms with Crippen LogP contribution in [0, 0.1) is 0 Å². The second-order valence-electron chi connectivity index (χ2n) is 6.43. The third-order valence-electron chi connectivity index (χ3n) is 4.61. The Hall–Kier alpha value is -2.86. The number of ether oxygens (including phenoxy) is 1. The van der Waals surface area contributed by atoms with Gasteiger partial charge in [-0.25, -0.2) is 8.42 Å². The summed E-state index contributed by atoms with van der Waals surface area (Å²) in [6.45, 7) is 1.77. The number of sulfone groups is 1. The molecule has 2 aromatic carbocycles. The average molecular weight is 384 g/mol. The first-order valence-corrected chi connectivity index (χ1v) is 10.2. The van der Waals surface area contributed by atoms with Crippen LogP contribution in [0.3, 0.4) is 0 Å². The van der Waals surface area contributed by atoms with Gasteiger partial charge >= 0.3 is 5.97 Å². The molecule has 6 heteroatoms. The molecule has 0 spiro atoms. The van der Waals surface area contributed by atoms with Gasteiger partial charge in [-0.05, 0) is 46.9 Å². The molecule has 1 aliphatic rings. The standard InChI is InChI=1S/C21H20O5S/c1-13-17(12-19(22)23)18-11-15(26-2)9-10-16(18)20(13)21(27(3,24)25)14-7-5-4-6-8-14/h4-11H,12H2,1-3H3,(H,22,23). The van der Waals surface area contributed by atoms with E-state index in [-0.39, 0.29) is 11.3 Å². The highest BCUT2D eigenvalue weighted by molar-refractivity contribution is 8.00. The van der Waals surface area contributed by atoms with Crippen molar-refractivity contribution in [1.29, 1.82) is 0 Å². The number of hydrogen-bond acceptors (Lipinski definition) is 4.